The van der Waals surface area contributed by atoms with Gasteiger partial charge < -0.3 is 15.0 Å². The number of methoxy groups -OCH3 is 1. The van der Waals surface area contributed by atoms with Crippen molar-refractivity contribution in [2.45, 2.75) is 25.8 Å². The Morgan fingerprint density at radius 2 is 2.50 bits per heavy atom. The fraction of sp³-hybridized carbons (Fsp3) is 0.583. The second-order valence-corrected chi connectivity index (χ2v) is 4.25. The van der Waals surface area contributed by atoms with Crippen LogP contribution in [0.15, 0.2) is 12.3 Å². The molecule has 0 aliphatic carbocycles. The molecule has 1 aromatic heterocycles. The average molecular weight is 250 g/mol. The minimum atomic E-state index is 0.200. The van der Waals surface area contributed by atoms with Crippen LogP contribution in [0.1, 0.15) is 19.8 Å². The molecule has 18 heavy (non-hydrogen) atoms. The third-order valence-electron chi connectivity index (χ3n) is 3.02. The lowest BCUT2D eigenvalue weighted by molar-refractivity contribution is -0.129. The van der Waals surface area contributed by atoms with Gasteiger partial charge in [0.25, 0.3) is 0 Å². The molecule has 1 N–H and O–H groups in total. The first-order valence-corrected chi connectivity index (χ1v) is 6.14. The van der Waals surface area contributed by atoms with Gasteiger partial charge >= 0.3 is 0 Å². The van der Waals surface area contributed by atoms with Gasteiger partial charge in [-0.3, -0.25) is 4.79 Å². The molecule has 98 valence electrons. The lowest BCUT2D eigenvalue weighted by Crippen LogP contribution is -2.31. The average Bonchev–Trinajstić information content (AvgIpc) is 2.86. The number of hydrogen-bond donors (Lipinski definition) is 1. The smallest absolute Gasteiger partial charge is 0.226 e. The summed E-state index contributed by atoms with van der Waals surface area (Å²) in [6.07, 6.45) is 3.13. The second-order valence-electron chi connectivity index (χ2n) is 4.25. The van der Waals surface area contributed by atoms with Crippen LogP contribution < -0.4 is 10.1 Å². The van der Waals surface area contributed by atoms with Crippen LogP contribution in [-0.4, -0.2) is 47.0 Å². The number of ether oxygens (including phenoxy) is 1. The molecule has 1 fully saturated rings. The molecule has 1 atom stereocenters. The number of carbonyl (C=O) groups excluding carboxylic acids is 1. The minimum absolute atomic E-state index is 0.200. The van der Waals surface area contributed by atoms with E-state index < -0.39 is 0 Å². The molecule has 0 bridgehead atoms. The first kappa shape index (κ1) is 12.6. The Morgan fingerprint density at radius 3 is 3.22 bits per heavy atom. The van der Waals surface area contributed by atoms with Crippen molar-refractivity contribution < 1.29 is 9.53 Å². The second kappa shape index (κ2) is 5.66. The predicted octanol–water partition coefficient (Wildman–Crippen LogP) is 0.908. The third-order valence-corrected chi connectivity index (χ3v) is 3.02. The van der Waals surface area contributed by atoms with Crippen molar-refractivity contribution in [3.8, 4) is 5.88 Å². The fourth-order valence-electron chi connectivity index (χ4n) is 2.04. The molecular weight excluding hydrogens is 232 g/mol. The molecule has 1 amide bonds. The molecule has 6 nitrogen and oxygen atoms in total. The normalized spacial score (nSPS) is 18.8. The van der Waals surface area contributed by atoms with Crippen molar-refractivity contribution in [3.63, 3.8) is 0 Å². The Bertz CT molecular complexity index is 424. The zero-order valence-corrected chi connectivity index (χ0v) is 10.7. The largest absolute Gasteiger partial charge is 0.481 e. The van der Waals surface area contributed by atoms with E-state index in [-0.39, 0.29) is 11.9 Å². The number of aromatic nitrogens is 2. The third kappa shape index (κ3) is 2.88. The van der Waals surface area contributed by atoms with Gasteiger partial charge in [-0.15, -0.1) is 0 Å². The molecule has 1 aliphatic rings. The number of hydrogen-bond acceptors (Lipinski definition) is 5. The topological polar surface area (TPSA) is 67.4 Å². The zero-order valence-electron chi connectivity index (χ0n) is 10.7. The van der Waals surface area contributed by atoms with Crippen LogP contribution in [0.25, 0.3) is 0 Å². The molecule has 1 aliphatic heterocycles. The number of rotatable bonds is 4. The molecule has 0 spiro atoms. The monoisotopic (exact) mass is 250 g/mol. The molecule has 2 rings (SSSR count). The highest BCUT2D eigenvalue weighted by atomic mass is 16.5. The van der Waals surface area contributed by atoms with Crippen molar-refractivity contribution in [2.75, 3.05) is 25.5 Å². The maximum atomic E-state index is 11.6. The highest BCUT2D eigenvalue weighted by Gasteiger charge is 2.25. The van der Waals surface area contributed by atoms with Crippen molar-refractivity contribution >= 4 is 11.9 Å². The maximum Gasteiger partial charge on any atom is 0.226 e. The number of amides is 1. The van der Waals surface area contributed by atoms with Gasteiger partial charge in [0.05, 0.1) is 7.11 Å². The van der Waals surface area contributed by atoms with Gasteiger partial charge in [-0.25, -0.2) is 4.98 Å². The van der Waals surface area contributed by atoms with Crippen LogP contribution in [-0.2, 0) is 4.79 Å². The summed E-state index contributed by atoms with van der Waals surface area (Å²) in [5.74, 6) is 1.28. The minimum Gasteiger partial charge on any atom is -0.481 e. The molecule has 1 saturated heterocycles. The molecular formula is C12H18N4O2. The lowest BCUT2D eigenvalue weighted by Gasteiger charge is -2.16. The van der Waals surface area contributed by atoms with E-state index in [2.05, 4.69) is 15.3 Å². The van der Waals surface area contributed by atoms with E-state index in [0.29, 0.717) is 24.8 Å². The molecule has 1 unspecified atom stereocenters. The van der Waals surface area contributed by atoms with Gasteiger partial charge in [-0.1, -0.05) is 6.92 Å². The van der Waals surface area contributed by atoms with Gasteiger partial charge in [0, 0.05) is 37.8 Å². The summed E-state index contributed by atoms with van der Waals surface area (Å²) in [6, 6.07) is 1.92. The van der Waals surface area contributed by atoms with Crippen LogP contribution >= 0.6 is 0 Å². The van der Waals surface area contributed by atoms with E-state index in [4.69, 9.17) is 4.74 Å². The maximum absolute atomic E-state index is 11.6. The van der Waals surface area contributed by atoms with E-state index in [9.17, 15) is 4.79 Å². The Morgan fingerprint density at radius 1 is 1.67 bits per heavy atom. The lowest BCUT2D eigenvalue weighted by atomic mass is 10.3. The highest BCUT2D eigenvalue weighted by molar-refractivity contribution is 5.76. The fourth-order valence-corrected chi connectivity index (χ4v) is 2.04. The van der Waals surface area contributed by atoms with Gasteiger partial charge in [-0.2, -0.15) is 4.98 Å². The Kier molecular flexibility index (Phi) is 3.96. The number of nitrogens with one attached hydrogen (secondary N) is 1. The van der Waals surface area contributed by atoms with E-state index in [0.717, 1.165) is 13.0 Å². The summed E-state index contributed by atoms with van der Waals surface area (Å²) in [6.45, 7) is 3.40. The van der Waals surface area contributed by atoms with Crippen molar-refractivity contribution in [2.24, 2.45) is 0 Å². The van der Waals surface area contributed by atoms with Crippen molar-refractivity contribution in [1.29, 1.82) is 0 Å². The Labute approximate surface area is 106 Å². The van der Waals surface area contributed by atoms with Crippen LogP contribution in [0.5, 0.6) is 5.88 Å². The Hall–Kier alpha value is -1.85. The SMILES string of the molecule is CCC(=O)N1CCC(Nc2nccc(OC)n2)C1. The molecule has 0 radical (unpaired) electrons. The summed E-state index contributed by atoms with van der Waals surface area (Å²) in [4.78, 5) is 21.8. The van der Waals surface area contributed by atoms with Gasteiger partial charge in [0.15, 0.2) is 0 Å². The van der Waals surface area contributed by atoms with Crippen LogP contribution in [0.3, 0.4) is 0 Å². The summed E-state index contributed by atoms with van der Waals surface area (Å²) in [7, 11) is 1.57. The van der Waals surface area contributed by atoms with Crippen LogP contribution in [0, 0.1) is 0 Å². The number of nitrogens with zero attached hydrogens (tertiary/aromatic N) is 3. The summed E-state index contributed by atoms with van der Waals surface area (Å²) < 4.78 is 5.04. The molecule has 0 aromatic carbocycles. The quantitative estimate of drug-likeness (QED) is 0.860. The predicted molar refractivity (Wildman–Crippen MR) is 67.5 cm³/mol. The van der Waals surface area contributed by atoms with Gasteiger partial charge in [0.1, 0.15) is 0 Å². The van der Waals surface area contributed by atoms with Gasteiger partial charge in [-0.05, 0) is 6.42 Å². The zero-order chi connectivity index (χ0) is 13.0. The first-order valence-electron chi connectivity index (χ1n) is 6.14. The first-order chi connectivity index (χ1) is 8.72. The van der Waals surface area contributed by atoms with Crippen molar-refractivity contribution in [3.05, 3.63) is 12.3 Å². The molecule has 2 heterocycles. The van der Waals surface area contributed by atoms with E-state index in [1.54, 1.807) is 19.4 Å². The highest BCUT2D eigenvalue weighted by Crippen LogP contribution is 2.15. The number of anilines is 1. The summed E-state index contributed by atoms with van der Waals surface area (Å²) in [5.41, 5.74) is 0. The van der Waals surface area contributed by atoms with Gasteiger partial charge in [0.2, 0.25) is 17.7 Å². The van der Waals surface area contributed by atoms with Crippen molar-refractivity contribution in [1.82, 2.24) is 14.9 Å². The van der Waals surface area contributed by atoms with E-state index >= 15 is 0 Å². The van der Waals surface area contributed by atoms with E-state index in [1.807, 2.05) is 11.8 Å². The number of carbonyl (C=O) groups is 1. The standard InChI is InChI=1S/C12H18N4O2/c1-3-11(17)16-7-5-9(8-16)14-12-13-6-4-10(15-12)18-2/h4,6,9H,3,5,7-8H2,1-2H3,(H,13,14,15). The number of likely N-dealkylation sites (tertiary alicyclic amines) is 1. The van der Waals surface area contributed by atoms with Crippen LogP contribution in [0.4, 0.5) is 5.95 Å². The Balaban J connectivity index is 1.92. The summed E-state index contributed by atoms with van der Waals surface area (Å²) in [5, 5.41) is 3.23. The van der Waals surface area contributed by atoms with Crippen LogP contribution in [0.2, 0.25) is 0 Å². The molecule has 6 heteroatoms. The molecule has 1 aromatic rings. The molecule has 0 saturated carbocycles. The summed E-state index contributed by atoms with van der Waals surface area (Å²) >= 11 is 0. The van der Waals surface area contributed by atoms with E-state index in [1.165, 1.54) is 0 Å².